The smallest absolute Gasteiger partial charge is 0.178 e. The first-order valence-electron chi connectivity index (χ1n) is 11.7. The van der Waals surface area contributed by atoms with Crippen LogP contribution in [0.4, 0.5) is 0 Å². The van der Waals surface area contributed by atoms with E-state index in [0.717, 1.165) is 5.57 Å². The number of hydrogen-bond acceptors (Lipinski definition) is 5. The Bertz CT molecular complexity index is 854. The van der Waals surface area contributed by atoms with E-state index in [4.69, 9.17) is 0 Å². The Hall–Kier alpha value is -1.46. The Morgan fingerprint density at radius 2 is 1.84 bits per heavy atom. The molecule has 3 aliphatic carbocycles. The zero-order chi connectivity index (χ0) is 23.7. The van der Waals surface area contributed by atoms with Gasteiger partial charge in [-0.2, -0.15) is 0 Å². The number of hydrogen-bond donors (Lipinski definition) is 3. The number of aliphatic hydroxyl groups is 3. The molecule has 0 amide bonds. The van der Waals surface area contributed by atoms with Crippen LogP contribution < -0.4 is 0 Å². The van der Waals surface area contributed by atoms with Crippen LogP contribution in [0, 0.1) is 34.0 Å². The molecule has 3 aliphatic rings. The highest BCUT2D eigenvalue weighted by molar-refractivity contribution is 6.24. The van der Waals surface area contributed by atoms with E-state index >= 15 is 0 Å². The molecule has 0 aromatic carbocycles. The number of aliphatic hydroxyl groups excluding tert-OH is 2. The summed E-state index contributed by atoms with van der Waals surface area (Å²) < 4.78 is 0. The molecule has 0 aromatic rings. The standard InChI is InChI=1S/C26H40O5/c1-9-15(4)19(27)18-20(28)25(11-10-14(2)3)12-17-23(5,6)16(24(7,8)31)13-26(17,21(18)29)22(25)30/h10,15-17,22,28,30-31H,9,11-13H2,1-8H3/t15?,16-,17-,22?,25?,26+/m1/s1. The Kier molecular flexibility index (Phi) is 5.68. The predicted molar refractivity (Wildman–Crippen MR) is 120 cm³/mol. The summed E-state index contributed by atoms with van der Waals surface area (Å²) in [6.07, 6.45) is 2.58. The summed E-state index contributed by atoms with van der Waals surface area (Å²) in [5.74, 6) is -1.81. The van der Waals surface area contributed by atoms with E-state index in [1.54, 1.807) is 20.8 Å². The van der Waals surface area contributed by atoms with Crippen LogP contribution in [0.25, 0.3) is 0 Å². The van der Waals surface area contributed by atoms with Crippen molar-refractivity contribution < 1.29 is 24.9 Å². The van der Waals surface area contributed by atoms with Crippen molar-refractivity contribution >= 4 is 11.6 Å². The lowest BCUT2D eigenvalue weighted by atomic mass is 9.61. The molecule has 2 fully saturated rings. The van der Waals surface area contributed by atoms with Gasteiger partial charge in [-0.15, -0.1) is 0 Å². The molecule has 5 nitrogen and oxygen atoms in total. The van der Waals surface area contributed by atoms with Crippen LogP contribution in [0.3, 0.4) is 0 Å². The third-order valence-corrected chi connectivity index (χ3v) is 8.93. The lowest BCUT2D eigenvalue weighted by molar-refractivity contribution is -0.141. The van der Waals surface area contributed by atoms with Gasteiger partial charge in [0, 0.05) is 5.92 Å². The van der Waals surface area contributed by atoms with Crippen molar-refractivity contribution in [1.29, 1.82) is 0 Å². The molecule has 2 saturated carbocycles. The third-order valence-electron chi connectivity index (χ3n) is 8.93. The van der Waals surface area contributed by atoms with Gasteiger partial charge in [0.1, 0.15) is 5.76 Å². The number of carbonyl (C=O) groups excluding carboxylic acids is 2. The van der Waals surface area contributed by atoms with E-state index in [9.17, 15) is 24.9 Å². The summed E-state index contributed by atoms with van der Waals surface area (Å²) in [5, 5.41) is 34.1. The van der Waals surface area contributed by atoms with E-state index in [-0.39, 0.29) is 34.9 Å². The van der Waals surface area contributed by atoms with Crippen LogP contribution in [-0.2, 0) is 9.59 Å². The van der Waals surface area contributed by atoms with Crippen molar-refractivity contribution in [3.63, 3.8) is 0 Å². The molecule has 0 aliphatic heterocycles. The number of allylic oxidation sites excluding steroid dienone is 3. The number of ketones is 2. The highest BCUT2D eigenvalue weighted by Gasteiger charge is 2.78. The van der Waals surface area contributed by atoms with Crippen molar-refractivity contribution in [3.05, 3.63) is 23.0 Å². The van der Waals surface area contributed by atoms with E-state index < -0.39 is 33.7 Å². The van der Waals surface area contributed by atoms with Crippen molar-refractivity contribution in [2.45, 2.75) is 92.8 Å². The highest BCUT2D eigenvalue weighted by atomic mass is 16.3. The van der Waals surface area contributed by atoms with Crippen LogP contribution in [0.2, 0.25) is 0 Å². The Morgan fingerprint density at radius 3 is 2.32 bits per heavy atom. The van der Waals surface area contributed by atoms with Gasteiger partial charge in [-0.3, -0.25) is 9.59 Å². The first kappa shape index (κ1) is 24.2. The summed E-state index contributed by atoms with van der Waals surface area (Å²) >= 11 is 0. The fourth-order valence-electron chi connectivity index (χ4n) is 7.05. The first-order valence-corrected chi connectivity index (χ1v) is 11.7. The summed E-state index contributed by atoms with van der Waals surface area (Å²) in [6.45, 7) is 15.2. The maximum Gasteiger partial charge on any atom is 0.178 e. The van der Waals surface area contributed by atoms with Crippen LogP contribution in [0.5, 0.6) is 0 Å². The molecule has 6 atom stereocenters. The quantitative estimate of drug-likeness (QED) is 0.424. The van der Waals surface area contributed by atoms with Crippen LogP contribution in [-0.4, -0.2) is 38.6 Å². The zero-order valence-corrected chi connectivity index (χ0v) is 20.4. The molecule has 174 valence electrons. The molecule has 2 bridgehead atoms. The molecule has 0 heterocycles. The Morgan fingerprint density at radius 1 is 1.26 bits per heavy atom. The minimum Gasteiger partial charge on any atom is -0.511 e. The second-order valence-corrected chi connectivity index (χ2v) is 11.8. The van der Waals surface area contributed by atoms with Gasteiger partial charge in [0.15, 0.2) is 11.6 Å². The minimum atomic E-state index is -1.16. The lowest BCUT2D eigenvalue weighted by Crippen LogP contribution is -2.53. The van der Waals surface area contributed by atoms with Crippen LogP contribution in [0.1, 0.15) is 81.1 Å². The Balaban J connectivity index is 2.28. The van der Waals surface area contributed by atoms with Crippen molar-refractivity contribution in [2.24, 2.45) is 34.0 Å². The SMILES string of the molecule is CCC(C)C(=O)C1=C(O)C2(CC=C(C)C)C[C@@H]3C(C)(C)[C@H](C(C)(C)O)C[C@]3(C1=O)C2O. The van der Waals surface area contributed by atoms with Crippen molar-refractivity contribution in [3.8, 4) is 0 Å². The number of rotatable bonds is 6. The molecule has 0 aromatic heterocycles. The number of fused-ring (bicyclic) bond motifs is 1. The zero-order valence-electron chi connectivity index (χ0n) is 20.4. The molecule has 0 saturated heterocycles. The highest BCUT2D eigenvalue weighted by Crippen LogP contribution is 2.74. The normalized spacial score (nSPS) is 37.6. The van der Waals surface area contributed by atoms with E-state index in [0.29, 0.717) is 25.7 Å². The van der Waals surface area contributed by atoms with Gasteiger partial charge < -0.3 is 15.3 Å². The monoisotopic (exact) mass is 432 g/mol. The van der Waals surface area contributed by atoms with E-state index in [1.165, 1.54) is 0 Å². The summed E-state index contributed by atoms with van der Waals surface area (Å²) in [5.41, 5.74) is -2.73. The average molecular weight is 433 g/mol. The summed E-state index contributed by atoms with van der Waals surface area (Å²) in [4.78, 5) is 27.3. The maximum absolute atomic E-state index is 14.0. The molecule has 31 heavy (non-hydrogen) atoms. The van der Waals surface area contributed by atoms with E-state index in [2.05, 4.69) is 13.8 Å². The minimum absolute atomic E-state index is 0.100. The van der Waals surface area contributed by atoms with Gasteiger partial charge in [0.2, 0.25) is 0 Å². The van der Waals surface area contributed by atoms with Crippen molar-refractivity contribution in [2.75, 3.05) is 0 Å². The molecule has 3 unspecified atom stereocenters. The molecule has 3 rings (SSSR count). The number of Topliss-reactive ketones (excluding diaryl/α,β-unsaturated/α-hetero) is 2. The van der Waals surface area contributed by atoms with Crippen molar-refractivity contribution in [1.82, 2.24) is 0 Å². The fraction of sp³-hybridized carbons (Fsp3) is 0.769. The first-order chi connectivity index (χ1) is 14.1. The predicted octanol–water partition coefficient (Wildman–Crippen LogP) is 4.52. The Labute approximate surface area is 186 Å². The van der Waals surface area contributed by atoms with Gasteiger partial charge in [-0.05, 0) is 70.6 Å². The summed E-state index contributed by atoms with van der Waals surface area (Å²) in [7, 11) is 0. The second kappa shape index (κ2) is 7.28. The molecule has 1 spiro atoms. The van der Waals surface area contributed by atoms with Crippen LogP contribution in [0.15, 0.2) is 23.0 Å². The molecular weight excluding hydrogens is 392 g/mol. The van der Waals surface area contributed by atoms with Gasteiger partial charge in [0.25, 0.3) is 0 Å². The molecule has 0 radical (unpaired) electrons. The van der Waals surface area contributed by atoms with Gasteiger partial charge in [-0.1, -0.05) is 39.3 Å². The van der Waals surface area contributed by atoms with E-state index in [1.807, 2.05) is 26.8 Å². The van der Waals surface area contributed by atoms with Crippen LogP contribution >= 0.6 is 0 Å². The molecule has 3 N–H and O–H groups in total. The van der Waals surface area contributed by atoms with Gasteiger partial charge in [-0.25, -0.2) is 0 Å². The topological polar surface area (TPSA) is 94.8 Å². The average Bonchev–Trinajstić information content (AvgIpc) is 3.03. The van der Waals surface area contributed by atoms with Gasteiger partial charge >= 0.3 is 0 Å². The second-order valence-electron chi connectivity index (χ2n) is 11.8. The fourth-order valence-corrected chi connectivity index (χ4v) is 7.05. The third kappa shape index (κ3) is 3.10. The maximum atomic E-state index is 14.0. The lowest BCUT2D eigenvalue weighted by Gasteiger charge is -2.44. The molecular formula is C26H40O5. The summed E-state index contributed by atoms with van der Waals surface area (Å²) in [6, 6.07) is 0. The van der Waals surface area contributed by atoms with Gasteiger partial charge in [0.05, 0.1) is 28.1 Å². The number of carbonyl (C=O) groups is 2. The largest absolute Gasteiger partial charge is 0.511 e. The molecule has 5 heteroatoms.